The van der Waals surface area contributed by atoms with Gasteiger partial charge < -0.3 is 10.6 Å². The average Bonchev–Trinajstić information content (AvgIpc) is 2.83. The van der Waals surface area contributed by atoms with Gasteiger partial charge in [0.25, 0.3) is 0 Å². The molecule has 8 heteroatoms. The van der Waals surface area contributed by atoms with Gasteiger partial charge >= 0.3 is 0 Å². The van der Waals surface area contributed by atoms with Crippen molar-refractivity contribution in [2.45, 2.75) is 25.7 Å². The Labute approximate surface area is 134 Å². The molecule has 1 saturated heterocycles. The van der Waals surface area contributed by atoms with Crippen LogP contribution >= 0.6 is 11.8 Å². The monoisotopic (exact) mass is 328 g/mol. The molecule has 0 atom stereocenters. The highest BCUT2D eigenvalue weighted by molar-refractivity contribution is 8.00. The molecule has 0 bridgehead atoms. The van der Waals surface area contributed by atoms with E-state index < -0.39 is 0 Å². The molecule has 0 radical (unpaired) electrons. The number of rotatable bonds is 9. The minimum Gasteiger partial charge on any atom is -0.355 e. The van der Waals surface area contributed by atoms with Crippen LogP contribution in [-0.4, -0.2) is 60.4 Å². The number of hydrogen-bond donors (Lipinski definition) is 3. The van der Waals surface area contributed by atoms with Crippen LogP contribution in [0.3, 0.4) is 0 Å². The zero-order valence-electron chi connectivity index (χ0n) is 12.7. The van der Waals surface area contributed by atoms with Crippen molar-refractivity contribution in [2.75, 3.05) is 37.7 Å². The summed E-state index contributed by atoms with van der Waals surface area (Å²) in [6.07, 6.45) is 4.21. The van der Waals surface area contributed by atoms with Crippen LogP contribution < -0.4 is 16.1 Å². The Kier molecular flexibility index (Phi) is 6.98. The van der Waals surface area contributed by atoms with Crippen molar-refractivity contribution < 1.29 is 14.4 Å². The van der Waals surface area contributed by atoms with Gasteiger partial charge in [-0.2, -0.15) is 0 Å². The maximum atomic E-state index is 11.6. The van der Waals surface area contributed by atoms with E-state index in [1.165, 1.54) is 36.0 Å². The Balaban J connectivity index is 1.44. The van der Waals surface area contributed by atoms with Gasteiger partial charge in [0.2, 0.25) is 17.7 Å². The first-order valence-corrected chi connectivity index (χ1v) is 8.95. The average molecular weight is 328 g/mol. The van der Waals surface area contributed by atoms with Crippen molar-refractivity contribution in [1.82, 2.24) is 21.1 Å². The molecule has 2 fully saturated rings. The standard InChI is InChI=1S/C14H24N4O3S/c19-12(15-6-7-18-14(21)4-5-17-18)9-22-10-13(20)16-8-11-2-1-3-11/h11,17H,1-10H2,(H,15,19)(H,16,20). The zero-order valence-corrected chi connectivity index (χ0v) is 13.5. The number of thioether (sulfide) groups is 1. The van der Waals surface area contributed by atoms with Crippen molar-refractivity contribution in [1.29, 1.82) is 0 Å². The van der Waals surface area contributed by atoms with Crippen LogP contribution in [0.2, 0.25) is 0 Å². The zero-order chi connectivity index (χ0) is 15.8. The fraction of sp³-hybridized carbons (Fsp3) is 0.786. The lowest BCUT2D eigenvalue weighted by molar-refractivity contribution is -0.130. The maximum Gasteiger partial charge on any atom is 0.238 e. The van der Waals surface area contributed by atoms with Gasteiger partial charge in [-0.1, -0.05) is 6.42 Å². The number of carbonyl (C=O) groups excluding carboxylic acids is 3. The Morgan fingerprint density at radius 1 is 1.23 bits per heavy atom. The van der Waals surface area contributed by atoms with E-state index in [9.17, 15) is 14.4 Å². The quantitative estimate of drug-likeness (QED) is 0.530. The molecule has 0 aromatic carbocycles. The minimum absolute atomic E-state index is 0.00318. The van der Waals surface area contributed by atoms with Crippen LogP contribution in [0.1, 0.15) is 25.7 Å². The summed E-state index contributed by atoms with van der Waals surface area (Å²) in [5.41, 5.74) is 2.95. The highest BCUT2D eigenvalue weighted by atomic mass is 32.2. The van der Waals surface area contributed by atoms with Crippen molar-refractivity contribution in [3.63, 3.8) is 0 Å². The van der Waals surface area contributed by atoms with E-state index >= 15 is 0 Å². The molecule has 1 aliphatic heterocycles. The summed E-state index contributed by atoms with van der Waals surface area (Å²) in [6, 6.07) is 0. The molecule has 22 heavy (non-hydrogen) atoms. The molecule has 0 spiro atoms. The largest absolute Gasteiger partial charge is 0.355 e. The van der Waals surface area contributed by atoms with Gasteiger partial charge in [-0.15, -0.1) is 11.8 Å². The number of hydrazine groups is 1. The Morgan fingerprint density at radius 2 is 1.95 bits per heavy atom. The lowest BCUT2D eigenvalue weighted by atomic mass is 9.85. The van der Waals surface area contributed by atoms with Crippen molar-refractivity contribution in [2.24, 2.45) is 5.92 Å². The van der Waals surface area contributed by atoms with Gasteiger partial charge in [0.15, 0.2) is 0 Å². The first kappa shape index (κ1) is 17.1. The van der Waals surface area contributed by atoms with Crippen LogP contribution in [0.5, 0.6) is 0 Å². The van der Waals surface area contributed by atoms with Crippen LogP contribution in [0, 0.1) is 5.92 Å². The molecule has 124 valence electrons. The molecular weight excluding hydrogens is 304 g/mol. The molecule has 0 aromatic heterocycles. The number of nitrogens with zero attached hydrogens (tertiary/aromatic N) is 1. The van der Waals surface area contributed by atoms with E-state index in [4.69, 9.17) is 0 Å². The molecular formula is C14H24N4O3S. The Morgan fingerprint density at radius 3 is 2.55 bits per heavy atom. The Bertz CT molecular complexity index is 415. The molecule has 3 N–H and O–H groups in total. The normalized spacial score (nSPS) is 18.2. The van der Waals surface area contributed by atoms with Gasteiger partial charge in [0.1, 0.15) is 0 Å². The minimum atomic E-state index is -0.108. The molecule has 1 saturated carbocycles. The van der Waals surface area contributed by atoms with Gasteiger partial charge in [0, 0.05) is 26.1 Å². The third-order valence-electron chi connectivity index (χ3n) is 3.88. The fourth-order valence-corrected chi connectivity index (χ4v) is 3.00. The SMILES string of the molecule is O=C(CSCC(=O)NCC1CCC1)NCCN1NCCC1=O. The van der Waals surface area contributed by atoms with Gasteiger partial charge in [0.05, 0.1) is 18.1 Å². The van der Waals surface area contributed by atoms with Gasteiger partial charge in [-0.05, 0) is 18.8 Å². The Hall–Kier alpha value is -1.28. The summed E-state index contributed by atoms with van der Waals surface area (Å²) in [5, 5.41) is 7.18. The summed E-state index contributed by atoms with van der Waals surface area (Å²) in [5.74, 6) is 1.18. The summed E-state index contributed by atoms with van der Waals surface area (Å²) in [4.78, 5) is 34.5. The van der Waals surface area contributed by atoms with E-state index in [1.807, 2.05) is 0 Å². The highest BCUT2D eigenvalue weighted by Gasteiger charge is 2.19. The highest BCUT2D eigenvalue weighted by Crippen LogP contribution is 2.25. The fourth-order valence-electron chi connectivity index (χ4n) is 2.33. The number of carbonyl (C=O) groups is 3. The predicted molar refractivity (Wildman–Crippen MR) is 85.0 cm³/mol. The van der Waals surface area contributed by atoms with Crippen LogP contribution in [0.4, 0.5) is 0 Å². The topological polar surface area (TPSA) is 90.5 Å². The second-order valence-corrected chi connectivity index (χ2v) is 6.63. The van der Waals surface area contributed by atoms with Gasteiger partial charge in [-0.3, -0.25) is 19.4 Å². The van der Waals surface area contributed by atoms with E-state index in [0.29, 0.717) is 37.7 Å². The third kappa shape index (κ3) is 5.84. The van der Waals surface area contributed by atoms with Crippen LogP contribution in [0.15, 0.2) is 0 Å². The lowest BCUT2D eigenvalue weighted by Gasteiger charge is -2.25. The molecule has 0 aromatic rings. The van der Waals surface area contributed by atoms with Crippen molar-refractivity contribution in [3.05, 3.63) is 0 Å². The summed E-state index contributed by atoms with van der Waals surface area (Å²) < 4.78 is 0. The van der Waals surface area contributed by atoms with Crippen LogP contribution in [0.25, 0.3) is 0 Å². The van der Waals surface area contributed by atoms with E-state index in [2.05, 4.69) is 16.1 Å². The van der Waals surface area contributed by atoms with E-state index in [0.717, 1.165) is 6.54 Å². The third-order valence-corrected chi connectivity index (χ3v) is 4.81. The molecule has 2 rings (SSSR count). The van der Waals surface area contributed by atoms with Crippen molar-refractivity contribution in [3.8, 4) is 0 Å². The first-order chi connectivity index (χ1) is 10.6. The molecule has 7 nitrogen and oxygen atoms in total. The number of nitrogens with one attached hydrogen (secondary N) is 3. The molecule has 1 aliphatic carbocycles. The summed E-state index contributed by atoms with van der Waals surface area (Å²) in [7, 11) is 0. The molecule has 0 unspecified atom stereocenters. The summed E-state index contributed by atoms with van der Waals surface area (Å²) in [6.45, 7) is 2.32. The number of hydrogen-bond acceptors (Lipinski definition) is 5. The second kappa shape index (κ2) is 8.99. The number of amides is 3. The first-order valence-electron chi connectivity index (χ1n) is 7.80. The maximum absolute atomic E-state index is 11.6. The smallest absolute Gasteiger partial charge is 0.238 e. The van der Waals surface area contributed by atoms with E-state index in [1.54, 1.807) is 0 Å². The van der Waals surface area contributed by atoms with Crippen LogP contribution in [-0.2, 0) is 14.4 Å². The summed E-state index contributed by atoms with van der Waals surface area (Å²) >= 11 is 1.31. The van der Waals surface area contributed by atoms with E-state index in [-0.39, 0.29) is 23.5 Å². The second-order valence-electron chi connectivity index (χ2n) is 5.65. The molecule has 2 aliphatic rings. The molecule has 3 amide bonds. The predicted octanol–water partition coefficient (Wildman–Crippen LogP) is -0.511. The van der Waals surface area contributed by atoms with Crippen molar-refractivity contribution >= 4 is 29.5 Å². The molecule has 1 heterocycles. The lowest BCUT2D eigenvalue weighted by Crippen LogP contribution is -2.41. The van der Waals surface area contributed by atoms with Gasteiger partial charge in [-0.25, -0.2) is 5.43 Å².